The quantitative estimate of drug-likeness (QED) is 0.804. The molecule has 1 aliphatic rings. The summed E-state index contributed by atoms with van der Waals surface area (Å²) in [6.07, 6.45) is 8.54. The van der Waals surface area contributed by atoms with Crippen molar-refractivity contribution in [2.24, 2.45) is 24.6 Å². The molecule has 0 spiro atoms. The summed E-state index contributed by atoms with van der Waals surface area (Å²) in [5, 5.41) is 7.29. The van der Waals surface area contributed by atoms with Crippen LogP contribution in [-0.2, 0) is 7.05 Å². The molecule has 0 aliphatic carbocycles. The third kappa shape index (κ3) is 5.51. The summed E-state index contributed by atoms with van der Waals surface area (Å²) in [5.41, 5.74) is 7.96. The van der Waals surface area contributed by atoms with E-state index in [1.165, 1.54) is 6.08 Å². The first kappa shape index (κ1) is 21.4. The summed E-state index contributed by atoms with van der Waals surface area (Å²) < 4.78 is 29.4. The normalized spacial score (nSPS) is 29.1. The van der Waals surface area contributed by atoms with Crippen LogP contribution in [0.2, 0.25) is 0 Å². The highest BCUT2D eigenvalue weighted by molar-refractivity contribution is 5.79. The molecular formula is C21H32F2N4. The fourth-order valence-corrected chi connectivity index (χ4v) is 4.00. The summed E-state index contributed by atoms with van der Waals surface area (Å²) in [6, 6.07) is 0. The first-order valence-corrected chi connectivity index (χ1v) is 9.77. The summed E-state index contributed by atoms with van der Waals surface area (Å²) in [4.78, 5) is 0. The van der Waals surface area contributed by atoms with E-state index in [0.717, 1.165) is 32.1 Å². The average Bonchev–Trinajstić information content (AvgIpc) is 3.04. The molecular weight excluding hydrogens is 346 g/mol. The number of rotatable bonds is 4. The lowest BCUT2D eigenvalue weighted by Crippen LogP contribution is -2.45. The summed E-state index contributed by atoms with van der Waals surface area (Å²) in [5.74, 6) is 0.787. The van der Waals surface area contributed by atoms with Gasteiger partial charge >= 0.3 is 0 Å². The van der Waals surface area contributed by atoms with Gasteiger partial charge in [0.1, 0.15) is 0 Å². The van der Waals surface area contributed by atoms with Gasteiger partial charge in [-0.05, 0) is 49.2 Å². The number of hydrogen-bond donors (Lipinski definition) is 2. The predicted molar refractivity (Wildman–Crippen MR) is 107 cm³/mol. The van der Waals surface area contributed by atoms with Crippen molar-refractivity contribution in [3.05, 3.63) is 48.0 Å². The highest BCUT2D eigenvalue weighted by atomic mass is 19.3. The van der Waals surface area contributed by atoms with Crippen LogP contribution in [-0.4, -0.2) is 22.4 Å². The third-order valence-electron chi connectivity index (χ3n) is 5.43. The van der Waals surface area contributed by atoms with Gasteiger partial charge < -0.3 is 11.1 Å². The zero-order valence-corrected chi connectivity index (χ0v) is 16.6. The van der Waals surface area contributed by atoms with Crippen molar-refractivity contribution in [3.63, 3.8) is 0 Å². The monoisotopic (exact) mass is 378 g/mol. The number of allylic oxidation sites excluding steroid dienone is 4. The standard InChI is InChI=1S/C21H32F2N4/c1-5-15-9-7-8-10-18(16-12-25-27(4)13-16)19(20(22)23)11-14(3)26-21(24)17(15)6-2/h10-13,15,17,20-21,26H,3,5-9,24H2,1-2,4H3/b18-10-,19-11+. The molecule has 1 aromatic heterocycles. The molecule has 2 heterocycles. The Bertz CT molecular complexity index is 690. The van der Waals surface area contributed by atoms with E-state index in [-0.39, 0.29) is 17.7 Å². The van der Waals surface area contributed by atoms with E-state index >= 15 is 0 Å². The number of aryl methyl sites for hydroxylation is 1. The second-order valence-corrected chi connectivity index (χ2v) is 7.29. The molecule has 1 aromatic rings. The minimum Gasteiger partial charge on any atom is -0.370 e. The topological polar surface area (TPSA) is 55.9 Å². The summed E-state index contributed by atoms with van der Waals surface area (Å²) >= 11 is 0. The van der Waals surface area contributed by atoms with E-state index < -0.39 is 6.43 Å². The first-order valence-electron chi connectivity index (χ1n) is 9.77. The molecule has 0 amide bonds. The Balaban J connectivity index is 2.43. The molecule has 3 atom stereocenters. The Labute approximate surface area is 161 Å². The first-order chi connectivity index (χ1) is 12.9. The Kier molecular flexibility index (Phi) is 7.78. The van der Waals surface area contributed by atoms with E-state index in [1.807, 2.05) is 6.08 Å². The maximum absolute atomic E-state index is 13.9. The van der Waals surface area contributed by atoms with Gasteiger partial charge in [0.2, 0.25) is 0 Å². The second kappa shape index (κ2) is 9.83. The lowest BCUT2D eigenvalue weighted by molar-refractivity contribution is 0.195. The van der Waals surface area contributed by atoms with Gasteiger partial charge in [-0.15, -0.1) is 0 Å². The van der Waals surface area contributed by atoms with Crippen LogP contribution in [0.1, 0.15) is 51.5 Å². The van der Waals surface area contributed by atoms with Crippen LogP contribution in [0.3, 0.4) is 0 Å². The van der Waals surface area contributed by atoms with Gasteiger partial charge in [0.05, 0.1) is 12.4 Å². The molecule has 0 radical (unpaired) electrons. The number of nitrogens with two attached hydrogens (primary N) is 1. The molecule has 6 heteroatoms. The van der Waals surface area contributed by atoms with Crippen molar-refractivity contribution in [3.8, 4) is 0 Å². The van der Waals surface area contributed by atoms with Gasteiger partial charge in [0.15, 0.2) is 0 Å². The maximum atomic E-state index is 13.9. The summed E-state index contributed by atoms with van der Waals surface area (Å²) in [6.45, 7) is 8.25. The second-order valence-electron chi connectivity index (χ2n) is 7.29. The fraction of sp³-hybridized carbons (Fsp3) is 0.571. The number of aromatic nitrogens is 2. The van der Waals surface area contributed by atoms with Crippen LogP contribution in [0.4, 0.5) is 8.78 Å². The lowest BCUT2D eigenvalue weighted by atomic mass is 9.81. The molecule has 4 nitrogen and oxygen atoms in total. The number of nitrogens with one attached hydrogen (secondary N) is 1. The molecule has 0 aromatic carbocycles. The number of alkyl halides is 2. The molecule has 150 valence electrons. The fourth-order valence-electron chi connectivity index (χ4n) is 4.00. The molecule has 0 fully saturated rings. The zero-order chi connectivity index (χ0) is 20.0. The van der Waals surface area contributed by atoms with Gasteiger partial charge in [-0.25, -0.2) is 8.78 Å². The zero-order valence-electron chi connectivity index (χ0n) is 16.6. The van der Waals surface area contributed by atoms with Crippen molar-refractivity contribution in [2.75, 3.05) is 0 Å². The Morgan fingerprint density at radius 2 is 2.11 bits per heavy atom. The maximum Gasteiger partial charge on any atom is 0.264 e. The third-order valence-corrected chi connectivity index (χ3v) is 5.43. The van der Waals surface area contributed by atoms with Gasteiger partial charge in [0, 0.05) is 30.1 Å². The van der Waals surface area contributed by atoms with E-state index in [4.69, 9.17) is 5.73 Å². The van der Waals surface area contributed by atoms with Crippen molar-refractivity contribution in [2.45, 2.75) is 58.5 Å². The lowest BCUT2D eigenvalue weighted by Gasteiger charge is -2.32. The molecule has 1 aliphatic heterocycles. The molecule has 2 rings (SSSR count). The Morgan fingerprint density at radius 3 is 2.67 bits per heavy atom. The van der Waals surface area contributed by atoms with Crippen LogP contribution in [0.25, 0.3) is 5.57 Å². The van der Waals surface area contributed by atoms with Crippen molar-refractivity contribution >= 4 is 5.57 Å². The molecule has 0 saturated carbocycles. The van der Waals surface area contributed by atoms with Crippen molar-refractivity contribution in [1.29, 1.82) is 0 Å². The largest absolute Gasteiger partial charge is 0.370 e. The van der Waals surface area contributed by atoms with Gasteiger partial charge in [0.25, 0.3) is 6.43 Å². The highest BCUT2D eigenvalue weighted by Gasteiger charge is 2.26. The van der Waals surface area contributed by atoms with Crippen LogP contribution in [0, 0.1) is 11.8 Å². The minimum atomic E-state index is -2.61. The van der Waals surface area contributed by atoms with Gasteiger partial charge in [-0.2, -0.15) is 5.10 Å². The van der Waals surface area contributed by atoms with Crippen molar-refractivity contribution in [1.82, 2.24) is 15.1 Å². The van der Waals surface area contributed by atoms with Crippen LogP contribution < -0.4 is 11.1 Å². The van der Waals surface area contributed by atoms with E-state index in [1.54, 1.807) is 24.1 Å². The van der Waals surface area contributed by atoms with E-state index in [9.17, 15) is 8.78 Å². The minimum absolute atomic E-state index is 0.0478. The molecule has 0 bridgehead atoms. The number of nitrogens with zero attached hydrogens (tertiary/aromatic N) is 2. The molecule has 3 N–H and O–H groups in total. The van der Waals surface area contributed by atoms with Crippen LogP contribution in [0.15, 0.2) is 42.4 Å². The average molecular weight is 379 g/mol. The smallest absolute Gasteiger partial charge is 0.264 e. The van der Waals surface area contributed by atoms with Crippen LogP contribution in [0.5, 0.6) is 0 Å². The number of hydrogen-bond acceptors (Lipinski definition) is 3. The molecule has 3 unspecified atom stereocenters. The summed E-state index contributed by atoms with van der Waals surface area (Å²) in [7, 11) is 1.78. The Morgan fingerprint density at radius 1 is 1.37 bits per heavy atom. The van der Waals surface area contributed by atoms with Gasteiger partial charge in [-0.3, -0.25) is 4.68 Å². The predicted octanol–water partition coefficient (Wildman–Crippen LogP) is 4.62. The van der Waals surface area contributed by atoms with Gasteiger partial charge in [-0.1, -0.05) is 32.9 Å². The molecule has 0 saturated heterocycles. The SMILES string of the molecule is C=C1/C=C(C(F)F)\C(c2cnn(C)c2)=C/CCCC(CC)C(CC)C(N)N1. The number of halogens is 2. The Hall–Kier alpha value is -1.95. The van der Waals surface area contributed by atoms with E-state index in [0.29, 0.717) is 22.8 Å². The van der Waals surface area contributed by atoms with E-state index in [2.05, 4.69) is 30.8 Å². The highest BCUT2D eigenvalue weighted by Crippen LogP contribution is 2.32. The molecule has 27 heavy (non-hydrogen) atoms. The van der Waals surface area contributed by atoms with Crippen molar-refractivity contribution < 1.29 is 8.78 Å². The van der Waals surface area contributed by atoms with Crippen LogP contribution >= 0.6 is 0 Å².